The number of aromatic nitrogens is 2. The summed E-state index contributed by atoms with van der Waals surface area (Å²) in [4.78, 5) is 39.2. The lowest BCUT2D eigenvalue weighted by atomic mass is 9.83. The lowest BCUT2D eigenvalue weighted by Gasteiger charge is -2.22. The highest BCUT2D eigenvalue weighted by atomic mass is 32.1. The maximum atomic E-state index is 12.9. The van der Waals surface area contributed by atoms with Gasteiger partial charge in [-0.05, 0) is 34.4 Å². The molecule has 0 atom stereocenters. The summed E-state index contributed by atoms with van der Waals surface area (Å²) >= 11 is 5.66. The van der Waals surface area contributed by atoms with E-state index in [2.05, 4.69) is 41.4 Å². The van der Waals surface area contributed by atoms with Crippen LogP contribution in [-0.4, -0.2) is 46.9 Å². The first-order valence-electron chi connectivity index (χ1n) is 12.8. The number of hydrogen-bond donors (Lipinski definition) is 2. The lowest BCUT2D eigenvalue weighted by molar-refractivity contribution is -0.139. The molecule has 0 aliphatic heterocycles. The second kappa shape index (κ2) is 12.1. The minimum Gasteiger partial charge on any atom is -0.491 e. The number of carbonyl (C=O) groups is 2. The van der Waals surface area contributed by atoms with Gasteiger partial charge in [0.1, 0.15) is 28.3 Å². The number of aliphatic carboxylic acids is 1. The topological polar surface area (TPSA) is 120 Å². The normalized spacial score (nSPS) is 12.1. The summed E-state index contributed by atoms with van der Waals surface area (Å²) in [6, 6.07) is 20.7. The second-order valence-corrected chi connectivity index (χ2v) is 9.62. The highest BCUT2D eigenvalue weighted by molar-refractivity contribution is 7.71. The third-order valence-electron chi connectivity index (χ3n) is 6.72. The summed E-state index contributed by atoms with van der Waals surface area (Å²) in [5.41, 5.74) is 4.57. The third-order valence-corrected chi connectivity index (χ3v) is 7.06. The minimum atomic E-state index is -1.20. The van der Waals surface area contributed by atoms with E-state index in [1.165, 1.54) is 17.7 Å². The Morgan fingerprint density at radius 2 is 1.51 bits per heavy atom. The fourth-order valence-corrected chi connectivity index (χ4v) is 5.14. The van der Waals surface area contributed by atoms with Crippen LogP contribution < -0.4 is 15.2 Å². The van der Waals surface area contributed by atoms with Crippen LogP contribution in [0.15, 0.2) is 77.7 Å². The largest absolute Gasteiger partial charge is 0.491 e. The molecule has 0 radical (unpaired) electrons. The molecule has 0 bridgehead atoms. The number of rotatable bonds is 9. The van der Waals surface area contributed by atoms with Crippen molar-refractivity contribution in [1.82, 2.24) is 9.55 Å². The van der Waals surface area contributed by atoms with E-state index in [9.17, 15) is 14.4 Å². The number of ether oxygens (including phenoxy) is 3. The van der Waals surface area contributed by atoms with Crippen LogP contribution in [0.2, 0.25) is 0 Å². The summed E-state index contributed by atoms with van der Waals surface area (Å²) in [5, 5.41) is 8.97. The molecule has 1 aromatic heterocycles. The van der Waals surface area contributed by atoms with E-state index in [0.717, 1.165) is 27.8 Å². The van der Waals surface area contributed by atoms with E-state index in [1.54, 1.807) is 18.3 Å². The molecule has 2 N–H and O–H groups in total. The molecule has 4 aromatic rings. The maximum absolute atomic E-state index is 12.9. The van der Waals surface area contributed by atoms with Gasteiger partial charge in [0, 0.05) is 17.7 Å². The van der Waals surface area contributed by atoms with Gasteiger partial charge in [-0.15, -0.1) is 0 Å². The Balaban J connectivity index is 1.46. The van der Waals surface area contributed by atoms with Crippen LogP contribution >= 0.6 is 12.2 Å². The highest BCUT2D eigenvalue weighted by Gasteiger charge is 2.25. The number of hydrogen-bond acceptors (Lipinski definition) is 7. The van der Waals surface area contributed by atoms with E-state index in [4.69, 9.17) is 31.5 Å². The number of methoxy groups -OCH3 is 1. The molecule has 0 saturated heterocycles. The van der Waals surface area contributed by atoms with Crippen LogP contribution in [0.3, 0.4) is 0 Å². The number of carboxylic acids is 1. The van der Waals surface area contributed by atoms with Gasteiger partial charge < -0.3 is 19.3 Å². The standard InChI is InChI=1S/C31H26N2O7S/c1-38-30(36)28-24(11-6-12-25(28)40-18-26(34)35)39-16-15-33-17-23(29(41)32-31(33)37)27-21-9-4-2-7-19(21)13-14-20-8-3-5-10-22(20)27/h2-14,17,27H,15-16,18H2,1H3,(H,34,35)(H,32,37,41). The monoisotopic (exact) mass is 570 g/mol. The first-order chi connectivity index (χ1) is 19.9. The average Bonchev–Trinajstić information content (AvgIpc) is 3.14. The lowest BCUT2D eigenvalue weighted by Crippen LogP contribution is -2.27. The molecular formula is C31H26N2O7S. The van der Waals surface area contributed by atoms with E-state index >= 15 is 0 Å². The predicted octanol–water partition coefficient (Wildman–Crippen LogP) is 4.90. The molecular weight excluding hydrogens is 544 g/mol. The van der Waals surface area contributed by atoms with E-state index in [-0.39, 0.29) is 36.1 Å². The van der Waals surface area contributed by atoms with Gasteiger partial charge in [0.05, 0.1) is 13.7 Å². The van der Waals surface area contributed by atoms with Crippen molar-refractivity contribution in [1.29, 1.82) is 0 Å². The van der Waals surface area contributed by atoms with Gasteiger partial charge >= 0.3 is 17.6 Å². The van der Waals surface area contributed by atoms with Crippen molar-refractivity contribution in [3.8, 4) is 11.5 Å². The first kappa shape index (κ1) is 27.6. The van der Waals surface area contributed by atoms with Crippen molar-refractivity contribution >= 4 is 36.3 Å². The Labute approximate surface area is 240 Å². The second-order valence-electron chi connectivity index (χ2n) is 9.21. The molecule has 5 rings (SSSR count). The number of nitrogens with zero attached hydrogens (tertiary/aromatic N) is 1. The Morgan fingerprint density at radius 3 is 2.12 bits per heavy atom. The van der Waals surface area contributed by atoms with E-state index in [0.29, 0.717) is 4.64 Å². The van der Waals surface area contributed by atoms with Gasteiger partial charge in [-0.2, -0.15) is 0 Å². The SMILES string of the molecule is COC(=O)c1c(OCCn2cc(C3c4ccccc4C=Cc4ccccc43)c(=S)[nH]c2=O)cccc1OCC(=O)O. The van der Waals surface area contributed by atoms with Gasteiger partial charge in [0.2, 0.25) is 0 Å². The van der Waals surface area contributed by atoms with Crippen LogP contribution in [0, 0.1) is 4.64 Å². The van der Waals surface area contributed by atoms with Crippen LogP contribution in [-0.2, 0) is 16.1 Å². The van der Waals surface area contributed by atoms with Crippen molar-refractivity contribution < 1.29 is 28.9 Å². The zero-order chi connectivity index (χ0) is 28.9. The molecule has 1 aliphatic carbocycles. The number of H-pyrrole nitrogens is 1. The van der Waals surface area contributed by atoms with Gasteiger partial charge in [-0.3, -0.25) is 9.55 Å². The Hall–Kier alpha value is -4.96. The van der Waals surface area contributed by atoms with Gasteiger partial charge in [-0.1, -0.05) is 79.0 Å². The number of benzene rings is 3. The summed E-state index contributed by atoms with van der Waals surface area (Å²) in [6.07, 6.45) is 5.91. The molecule has 10 heteroatoms. The number of esters is 1. The maximum Gasteiger partial charge on any atom is 0.345 e. The fraction of sp³-hybridized carbons (Fsp3) is 0.161. The molecule has 0 amide bonds. The number of fused-ring (bicyclic) bond motifs is 2. The summed E-state index contributed by atoms with van der Waals surface area (Å²) in [6.45, 7) is -0.499. The number of carboxylic acid groups (broad SMARTS) is 1. The zero-order valence-corrected chi connectivity index (χ0v) is 22.9. The molecule has 9 nitrogen and oxygen atoms in total. The molecule has 3 aromatic carbocycles. The van der Waals surface area contributed by atoms with E-state index < -0.39 is 24.2 Å². The molecule has 41 heavy (non-hydrogen) atoms. The van der Waals surface area contributed by atoms with Gasteiger partial charge in [0.25, 0.3) is 0 Å². The number of aromatic amines is 1. The Kier molecular flexibility index (Phi) is 8.11. The molecule has 1 heterocycles. The van der Waals surface area contributed by atoms with Crippen LogP contribution in [0.4, 0.5) is 0 Å². The number of nitrogens with one attached hydrogen (secondary N) is 1. The molecule has 0 spiro atoms. The zero-order valence-electron chi connectivity index (χ0n) is 22.0. The minimum absolute atomic E-state index is 0.00966. The number of carbonyl (C=O) groups excluding carboxylic acids is 1. The van der Waals surface area contributed by atoms with Crippen molar-refractivity contribution in [2.75, 3.05) is 20.3 Å². The van der Waals surface area contributed by atoms with Crippen molar-refractivity contribution in [2.24, 2.45) is 0 Å². The van der Waals surface area contributed by atoms with Crippen LogP contribution in [0.1, 0.15) is 44.1 Å². The average molecular weight is 571 g/mol. The molecule has 0 saturated carbocycles. The molecule has 1 aliphatic rings. The Bertz CT molecular complexity index is 1720. The fourth-order valence-electron chi connectivity index (χ4n) is 4.88. The molecule has 208 valence electrons. The smallest absolute Gasteiger partial charge is 0.345 e. The van der Waals surface area contributed by atoms with Crippen molar-refractivity contribution in [2.45, 2.75) is 12.5 Å². The van der Waals surface area contributed by atoms with Crippen LogP contribution in [0.25, 0.3) is 12.2 Å². The van der Waals surface area contributed by atoms with Crippen molar-refractivity contribution in [3.05, 3.63) is 121 Å². The molecule has 0 unspecified atom stereocenters. The Morgan fingerprint density at radius 1 is 0.902 bits per heavy atom. The quantitative estimate of drug-likeness (QED) is 0.190. The summed E-state index contributed by atoms with van der Waals surface area (Å²) in [5.74, 6) is -2.02. The third kappa shape index (κ3) is 5.82. The van der Waals surface area contributed by atoms with Gasteiger partial charge in [0.15, 0.2) is 6.61 Å². The van der Waals surface area contributed by atoms with Crippen molar-refractivity contribution in [3.63, 3.8) is 0 Å². The first-order valence-corrected chi connectivity index (χ1v) is 13.2. The summed E-state index contributed by atoms with van der Waals surface area (Å²) in [7, 11) is 1.20. The predicted molar refractivity (Wildman–Crippen MR) is 155 cm³/mol. The molecule has 0 fully saturated rings. The van der Waals surface area contributed by atoms with E-state index in [1.807, 2.05) is 24.3 Å². The van der Waals surface area contributed by atoms with Crippen LogP contribution in [0.5, 0.6) is 11.5 Å². The summed E-state index contributed by atoms with van der Waals surface area (Å²) < 4.78 is 17.8. The van der Waals surface area contributed by atoms with Gasteiger partial charge in [-0.25, -0.2) is 14.4 Å². The highest BCUT2D eigenvalue weighted by Crippen LogP contribution is 2.39.